The second kappa shape index (κ2) is 6.24. The summed E-state index contributed by atoms with van der Waals surface area (Å²) in [5, 5.41) is 10.3. The largest absolute Gasteiger partial charge is 0.264 e. The highest BCUT2D eigenvalue weighted by Gasteiger charge is 2.28. The van der Waals surface area contributed by atoms with E-state index in [9.17, 15) is 13.0 Å². The van der Waals surface area contributed by atoms with Gasteiger partial charge in [0.1, 0.15) is 6.54 Å². The second-order valence-corrected chi connectivity index (χ2v) is 8.40. The number of alkyl halides is 2. The molecule has 2 N–H and O–H groups in total. The summed E-state index contributed by atoms with van der Waals surface area (Å²) in [6, 6.07) is 1.84. The lowest BCUT2D eigenvalue weighted by molar-refractivity contribution is 0.00181. The number of hydrogen-bond acceptors (Lipinski definition) is 3. The van der Waals surface area contributed by atoms with Gasteiger partial charge in [-0.2, -0.15) is 5.10 Å². The van der Waals surface area contributed by atoms with E-state index in [-0.39, 0.29) is 5.92 Å². The minimum Gasteiger partial charge on any atom is -0.259 e. The van der Waals surface area contributed by atoms with Gasteiger partial charge in [0.25, 0.3) is 5.92 Å². The van der Waals surface area contributed by atoms with Gasteiger partial charge in [-0.1, -0.05) is 6.92 Å². The Bertz CT molecular complexity index is 724. The summed E-state index contributed by atoms with van der Waals surface area (Å²) in [4.78, 5) is 4.37. The Morgan fingerprint density at radius 2 is 2.00 bits per heavy atom. The van der Waals surface area contributed by atoms with E-state index < -0.39 is 28.2 Å². The van der Waals surface area contributed by atoms with E-state index in [1.54, 1.807) is 12.4 Å². The van der Waals surface area contributed by atoms with Gasteiger partial charge in [-0.15, -0.1) is 0 Å². The van der Waals surface area contributed by atoms with E-state index in [4.69, 9.17) is 5.14 Å². The molecule has 2 atom stereocenters. The van der Waals surface area contributed by atoms with Gasteiger partial charge in [0, 0.05) is 18.0 Å². The number of nitrogens with two attached hydrogens (primary N) is 1. The van der Waals surface area contributed by atoms with Crippen molar-refractivity contribution in [2.75, 3.05) is 0 Å². The Labute approximate surface area is 136 Å². The maximum Gasteiger partial charge on any atom is 0.264 e. The van der Waals surface area contributed by atoms with Crippen LogP contribution < -0.4 is 5.14 Å². The third kappa shape index (κ3) is 4.32. The SMILES string of the molecule is C[C@H](CC(C)(C)S(N)=O)c1cc2cnn(CC(C)(F)F)c2cn1. The molecule has 0 saturated heterocycles. The first-order valence-electron chi connectivity index (χ1n) is 7.35. The first kappa shape index (κ1) is 17.9. The van der Waals surface area contributed by atoms with Crippen LogP contribution in [-0.2, 0) is 17.5 Å². The molecule has 1 unspecified atom stereocenters. The highest BCUT2D eigenvalue weighted by molar-refractivity contribution is 7.84. The monoisotopic (exact) mass is 344 g/mol. The molecule has 2 aromatic heterocycles. The smallest absolute Gasteiger partial charge is 0.259 e. The number of fused-ring (bicyclic) bond motifs is 1. The van der Waals surface area contributed by atoms with Gasteiger partial charge < -0.3 is 0 Å². The third-order valence-corrected chi connectivity index (χ3v) is 5.08. The van der Waals surface area contributed by atoms with Crippen molar-refractivity contribution in [3.8, 4) is 0 Å². The Balaban J connectivity index is 2.26. The summed E-state index contributed by atoms with van der Waals surface area (Å²) in [6.45, 7) is 6.05. The first-order valence-corrected chi connectivity index (χ1v) is 8.56. The van der Waals surface area contributed by atoms with Crippen LogP contribution in [0.2, 0.25) is 0 Å². The molecule has 0 bridgehead atoms. The molecule has 0 aliphatic rings. The fourth-order valence-electron chi connectivity index (χ4n) is 2.58. The zero-order chi connectivity index (χ0) is 17.4. The van der Waals surface area contributed by atoms with Crippen LogP contribution in [0.1, 0.15) is 45.7 Å². The van der Waals surface area contributed by atoms with Crippen LogP contribution in [0.25, 0.3) is 10.9 Å². The average molecular weight is 344 g/mol. The van der Waals surface area contributed by atoms with Crippen LogP contribution in [0.3, 0.4) is 0 Å². The zero-order valence-electron chi connectivity index (χ0n) is 13.7. The van der Waals surface area contributed by atoms with Crippen molar-refractivity contribution >= 4 is 21.9 Å². The molecule has 0 aliphatic carbocycles. The molecule has 0 aliphatic heterocycles. The van der Waals surface area contributed by atoms with Crippen LogP contribution >= 0.6 is 0 Å². The number of halogens is 2. The topological polar surface area (TPSA) is 73.8 Å². The lowest BCUT2D eigenvalue weighted by Crippen LogP contribution is -2.33. The van der Waals surface area contributed by atoms with E-state index in [0.29, 0.717) is 11.9 Å². The van der Waals surface area contributed by atoms with Crippen LogP contribution in [0.15, 0.2) is 18.5 Å². The molecule has 0 radical (unpaired) electrons. The molecule has 5 nitrogen and oxygen atoms in total. The molecule has 0 amide bonds. The van der Waals surface area contributed by atoms with Gasteiger partial charge in [0.2, 0.25) is 0 Å². The normalized spacial score (nSPS) is 15.8. The van der Waals surface area contributed by atoms with Gasteiger partial charge in [-0.3, -0.25) is 14.8 Å². The lowest BCUT2D eigenvalue weighted by Gasteiger charge is -2.24. The van der Waals surface area contributed by atoms with E-state index >= 15 is 0 Å². The van der Waals surface area contributed by atoms with Crippen LogP contribution in [0.5, 0.6) is 0 Å². The predicted octanol–water partition coefficient (Wildman–Crippen LogP) is 2.98. The number of nitrogens with zero attached hydrogens (tertiary/aromatic N) is 3. The highest BCUT2D eigenvalue weighted by atomic mass is 32.2. The molecule has 2 aromatic rings. The maximum absolute atomic E-state index is 13.2. The summed E-state index contributed by atoms with van der Waals surface area (Å²) >= 11 is 0. The maximum atomic E-state index is 13.2. The molecule has 2 rings (SSSR count). The molecular formula is C15H22F2N4OS. The molecule has 0 aromatic carbocycles. The fourth-order valence-corrected chi connectivity index (χ4v) is 2.99. The van der Waals surface area contributed by atoms with Crippen molar-refractivity contribution in [1.82, 2.24) is 14.8 Å². The van der Waals surface area contributed by atoms with Gasteiger partial charge in [0.15, 0.2) is 0 Å². The highest BCUT2D eigenvalue weighted by Crippen LogP contribution is 2.29. The minimum atomic E-state index is -2.83. The van der Waals surface area contributed by atoms with E-state index in [1.165, 1.54) is 4.68 Å². The molecule has 2 heterocycles. The van der Waals surface area contributed by atoms with Crippen LogP contribution in [0, 0.1) is 0 Å². The van der Waals surface area contributed by atoms with E-state index in [1.807, 2.05) is 26.8 Å². The Hall–Kier alpha value is -1.41. The summed E-state index contributed by atoms with van der Waals surface area (Å²) in [6.07, 6.45) is 3.73. The zero-order valence-corrected chi connectivity index (χ0v) is 14.5. The first-order chi connectivity index (χ1) is 10.5. The minimum absolute atomic E-state index is 0.0397. The van der Waals surface area contributed by atoms with Crippen LogP contribution in [-0.4, -0.2) is 29.6 Å². The van der Waals surface area contributed by atoms with Crippen LogP contribution in [0.4, 0.5) is 8.78 Å². The summed E-state index contributed by atoms with van der Waals surface area (Å²) in [5.41, 5.74) is 1.38. The molecule has 128 valence electrons. The number of rotatable bonds is 6. The van der Waals surface area contributed by atoms with Gasteiger partial charge in [-0.25, -0.2) is 13.0 Å². The lowest BCUT2D eigenvalue weighted by atomic mass is 9.94. The molecule has 0 fully saturated rings. The molecule has 8 heteroatoms. The number of aromatic nitrogens is 3. The molecule has 0 spiro atoms. The van der Waals surface area contributed by atoms with Crippen molar-refractivity contribution < 1.29 is 13.0 Å². The van der Waals surface area contributed by atoms with Gasteiger partial charge in [-0.05, 0) is 32.3 Å². The molecule has 0 saturated carbocycles. The van der Waals surface area contributed by atoms with E-state index in [2.05, 4.69) is 10.1 Å². The summed E-state index contributed by atoms with van der Waals surface area (Å²) in [5.74, 6) is -2.79. The fraction of sp³-hybridized carbons (Fsp3) is 0.600. The standard InChI is InChI=1S/C15H22F2N4OS/c1-10(6-14(2,3)23(18)22)12-5-11-7-20-21(9-15(4,16)17)13(11)8-19-12/h5,7-8,10H,6,9,18H2,1-4H3/t10-,23?/m1/s1. The van der Waals surface area contributed by atoms with Crippen molar-refractivity contribution in [2.24, 2.45) is 5.14 Å². The van der Waals surface area contributed by atoms with Crippen molar-refractivity contribution in [3.63, 3.8) is 0 Å². The van der Waals surface area contributed by atoms with Crippen molar-refractivity contribution in [1.29, 1.82) is 0 Å². The number of hydrogen-bond donors (Lipinski definition) is 1. The van der Waals surface area contributed by atoms with E-state index in [0.717, 1.165) is 18.0 Å². The summed E-state index contributed by atoms with van der Waals surface area (Å²) in [7, 11) is -1.43. The van der Waals surface area contributed by atoms with Gasteiger partial charge in [0.05, 0.1) is 33.6 Å². The summed E-state index contributed by atoms with van der Waals surface area (Å²) < 4.78 is 38.6. The van der Waals surface area contributed by atoms with Crippen molar-refractivity contribution in [2.45, 2.75) is 57.2 Å². The predicted molar refractivity (Wildman–Crippen MR) is 87.6 cm³/mol. The third-order valence-electron chi connectivity index (χ3n) is 3.82. The van der Waals surface area contributed by atoms with Gasteiger partial charge >= 0.3 is 0 Å². The average Bonchev–Trinajstić information content (AvgIpc) is 2.78. The Kier molecular flexibility index (Phi) is 4.86. The molecular weight excluding hydrogens is 322 g/mol. The Morgan fingerprint density at radius 1 is 1.35 bits per heavy atom. The van der Waals surface area contributed by atoms with Crippen molar-refractivity contribution in [3.05, 3.63) is 24.2 Å². The Morgan fingerprint density at radius 3 is 2.57 bits per heavy atom. The quantitative estimate of drug-likeness (QED) is 0.875. The number of pyridine rings is 1. The molecule has 23 heavy (non-hydrogen) atoms. The second-order valence-electron chi connectivity index (χ2n) is 6.70.